The molecule has 0 saturated heterocycles. The number of benzene rings is 1. The highest BCUT2D eigenvalue weighted by atomic mass is 35.5. The van der Waals surface area contributed by atoms with Crippen molar-refractivity contribution in [1.82, 2.24) is 15.1 Å². The van der Waals surface area contributed by atoms with E-state index in [1.165, 1.54) is 0 Å². The lowest BCUT2D eigenvalue weighted by Crippen LogP contribution is -1.96. The summed E-state index contributed by atoms with van der Waals surface area (Å²) >= 11 is 1.60. The minimum Gasteiger partial charge on any atom is -0.333 e. The van der Waals surface area contributed by atoms with Crippen LogP contribution in [-0.4, -0.2) is 15.1 Å². The maximum absolute atomic E-state index is 5.62. The number of aryl methyl sites for hydroxylation is 1. The first-order valence-corrected chi connectivity index (χ1v) is 8.48. The molecule has 2 N–H and O–H groups in total. The average molecular weight is 365 g/mol. The van der Waals surface area contributed by atoms with Crippen molar-refractivity contribution in [3.05, 3.63) is 40.5 Å². The van der Waals surface area contributed by atoms with Crippen LogP contribution in [0.25, 0.3) is 22.2 Å². The minimum atomic E-state index is 0. The standard InChI is InChI=1S/C17H20N4OS.ClH/c1-10(2)8-14-15(23-11(3)19-14)17-20-16(21-22-17)13-6-4-12(9-18)5-7-13;/h4-7,10H,8-9,18H2,1-3H3;1H. The topological polar surface area (TPSA) is 77.8 Å². The Morgan fingerprint density at radius 3 is 2.50 bits per heavy atom. The summed E-state index contributed by atoms with van der Waals surface area (Å²) in [6, 6.07) is 7.88. The molecule has 0 aliphatic rings. The van der Waals surface area contributed by atoms with Gasteiger partial charge in [-0.2, -0.15) is 4.98 Å². The zero-order valence-corrected chi connectivity index (χ0v) is 15.6. The molecule has 2 heterocycles. The molecule has 2 aromatic heterocycles. The largest absolute Gasteiger partial charge is 0.333 e. The molecule has 0 amide bonds. The number of halogens is 1. The maximum atomic E-state index is 5.62. The lowest BCUT2D eigenvalue weighted by atomic mass is 10.1. The summed E-state index contributed by atoms with van der Waals surface area (Å²) in [7, 11) is 0. The number of nitrogens with zero attached hydrogens (tertiary/aromatic N) is 3. The Labute approximate surface area is 151 Å². The monoisotopic (exact) mass is 364 g/mol. The van der Waals surface area contributed by atoms with E-state index < -0.39 is 0 Å². The third-order valence-corrected chi connectivity index (χ3v) is 4.48. The molecule has 3 rings (SSSR count). The predicted molar refractivity (Wildman–Crippen MR) is 99.3 cm³/mol. The summed E-state index contributed by atoms with van der Waals surface area (Å²) in [5.74, 6) is 1.66. The summed E-state index contributed by atoms with van der Waals surface area (Å²) in [5, 5.41) is 5.13. The third-order valence-electron chi connectivity index (χ3n) is 3.47. The maximum Gasteiger partial charge on any atom is 0.270 e. The van der Waals surface area contributed by atoms with Gasteiger partial charge in [0, 0.05) is 12.1 Å². The van der Waals surface area contributed by atoms with Crippen molar-refractivity contribution in [1.29, 1.82) is 0 Å². The molecular weight excluding hydrogens is 344 g/mol. The van der Waals surface area contributed by atoms with Crippen molar-refractivity contribution >= 4 is 23.7 Å². The van der Waals surface area contributed by atoms with E-state index in [2.05, 4.69) is 29.0 Å². The molecule has 7 heteroatoms. The van der Waals surface area contributed by atoms with Crippen LogP contribution in [0.4, 0.5) is 0 Å². The highest BCUT2D eigenvalue weighted by Crippen LogP contribution is 2.31. The fourth-order valence-corrected chi connectivity index (χ4v) is 3.25. The van der Waals surface area contributed by atoms with E-state index in [-0.39, 0.29) is 12.4 Å². The Balaban J connectivity index is 0.00000208. The van der Waals surface area contributed by atoms with E-state index in [4.69, 9.17) is 10.3 Å². The smallest absolute Gasteiger partial charge is 0.270 e. The Hall–Kier alpha value is -1.76. The quantitative estimate of drug-likeness (QED) is 0.732. The van der Waals surface area contributed by atoms with E-state index in [0.29, 0.717) is 24.2 Å². The summed E-state index contributed by atoms with van der Waals surface area (Å²) < 4.78 is 5.48. The van der Waals surface area contributed by atoms with Gasteiger partial charge in [-0.1, -0.05) is 43.3 Å². The molecule has 5 nitrogen and oxygen atoms in total. The first-order valence-electron chi connectivity index (χ1n) is 7.66. The van der Waals surface area contributed by atoms with Crippen LogP contribution in [0.2, 0.25) is 0 Å². The van der Waals surface area contributed by atoms with Gasteiger partial charge in [-0.3, -0.25) is 0 Å². The van der Waals surface area contributed by atoms with Crippen LogP contribution < -0.4 is 5.73 Å². The molecular formula is C17H21ClN4OS. The van der Waals surface area contributed by atoms with Crippen molar-refractivity contribution in [3.63, 3.8) is 0 Å². The van der Waals surface area contributed by atoms with Crippen molar-refractivity contribution < 1.29 is 4.52 Å². The predicted octanol–water partition coefficient (Wildman–Crippen LogP) is 4.25. The number of aromatic nitrogens is 3. The first-order chi connectivity index (χ1) is 11.1. The van der Waals surface area contributed by atoms with E-state index in [0.717, 1.165) is 33.1 Å². The van der Waals surface area contributed by atoms with Crippen molar-refractivity contribution in [2.24, 2.45) is 11.7 Å². The van der Waals surface area contributed by atoms with Crippen LogP contribution in [0.3, 0.4) is 0 Å². The molecule has 0 bridgehead atoms. The van der Waals surface area contributed by atoms with E-state index in [1.54, 1.807) is 11.3 Å². The molecule has 128 valence electrons. The Morgan fingerprint density at radius 2 is 1.88 bits per heavy atom. The fourth-order valence-electron chi connectivity index (χ4n) is 2.39. The Morgan fingerprint density at radius 1 is 1.17 bits per heavy atom. The number of hydrogen-bond donors (Lipinski definition) is 1. The summed E-state index contributed by atoms with van der Waals surface area (Å²) in [5.41, 5.74) is 8.66. The second-order valence-corrected chi connectivity index (χ2v) is 7.13. The molecule has 24 heavy (non-hydrogen) atoms. The van der Waals surface area contributed by atoms with Crippen molar-refractivity contribution in [2.45, 2.75) is 33.7 Å². The molecule has 1 aromatic carbocycles. The minimum absolute atomic E-state index is 0. The number of rotatable bonds is 5. The van der Waals surface area contributed by atoms with Gasteiger partial charge in [0.05, 0.1) is 10.7 Å². The van der Waals surface area contributed by atoms with Gasteiger partial charge in [0.15, 0.2) is 0 Å². The summed E-state index contributed by atoms with van der Waals surface area (Å²) in [6.07, 6.45) is 0.905. The van der Waals surface area contributed by atoms with Crippen LogP contribution in [0, 0.1) is 12.8 Å². The molecule has 0 atom stereocenters. The third kappa shape index (κ3) is 4.01. The lowest BCUT2D eigenvalue weighted by molar-refractivity contribution is 0.432. The van der Waals surface area contributed by atoms with Crippen molar-refractivity contribution in [2.75, 3.05) is 0 Å². The molecule has 0 aliphatic heterocycles. The van der Waals surface area contributed by atoms with Crippen LogP contribution in [-0.2, 0) is 13.0 Å². The van der Waals surface area contributed by atoms with Crippen LogP contribution in [0.1, 0.15) is 30.1 Å². The van der Waals surface area contributed by atoms with Crippen molar-refractivity contribution in [3.8, 4) is 22.2 Å². The van der Waals surface area contributed by atoms with Gasteiger partial charge in [0.25, 0.3) is 5.89 Å². The highest BCUT2D eigenvalue weighted by molar-refractivity contribution is 7.15. The first kappa shape index (κ1) is 18.6. The van der Waals surface area contributed by atoms with Gasteiger partial charge >= 0.3 is 0 Å². The zero-order valence-electron chi connectivity index (χ0n) is 13.9. The molecule has 0 saturated carbocycles. The number of thiazole rings is 1. The second-order valence-electron chi connectivity index (χ2n) is 5.93. The molecule has 0 unspecified atom stereocenters. The van der Waals surface area contributed by atoms with E-state index in [1.807, 2.05) is 31.2 Å². The summed E-state index contributed by atoms with van der Waals surface area (Å²) in [6.45, 7) is 6.88. The molecule has 0 radical (unpaired) electrons. The van der Waals surface area contributed by atoms with Gasteiger partial charge in [0.2, 0.25) is 5.82 Å². The number of hydrogen-bond acceptors (Lipinski definition) is 6. The van der Waals surface area contributed by atoms with E-state index in [9.17, 15) is 0 Å². The fraction of sp³-hybridized carbons (Fsp3) is 0.353. The van der Waals surface area contributed by atoms with Crippen LogP contribution >= 0.6 is 23.7 Å². The Kier molecular flexibility index (Phi) is 6.10. The molecule has 0 spiro atoms. The van der Waals surface area contributed by atoms with Crippen LogP contribution in [0.5, 0.6) is 0 Å². The molecule has 0 aliphatic carbocycles. The van der Waals surface area contributed by atoms with Gasteiger partial charge in [0.1, 0.15) is 4.88 Å². The van der Waals surface area contributed by atoms with E-state index >= 15 is 0 Å². The second kappa shape index (κ2) is 7.88. The Bertz CT molecular complexity index is 795. The average Bonchev–Trinajstić information content (AvgIpc) is 3.13. The number of nitrogens with two attached hydrogens (primary N) is 1. The van der Waals surface area contributed by atoms with Gasteiger partial charge in [-0.05, 0) is 24.8 Å². The summed E-state index contributed by atoms with van der Waals surface area (Å²) in [4.78, 5) is 10.1. The van der Waals surface area contributed by atoms with Gasteiger partial charge in [-0.25, -0.2) is 4.98 Å². The highest BCUT2D eigenvalue weighted by Gasteiger charge is 2.19. The van der Waals surface area contributed by atoms with Gasteiger partial charge in [-0.15, -0.1) is 23.7 Å². The lowest BCUT2D eigenvalue weighted by Gasteiger charge is -2.01. The SMILES string of the molecule is Cc1nc(CC(C)C)c(-c2nc(-c3ccc(CN)cc3)no2)s1.Cl. The molecule has 0 fully saturated rings. The van der Waals surface area contributed by atoms with Crippen LogP contribution in [0.15, 0.2) is 28.8 Å². The van der Waals surface area contributed by atoms with Gasteiger partial charge < -0.3 is 10.3 Å². The normalized spacial score (nSPS) is 10.9. The zero-order chi connectivity index (χ0) is 16.4. The molecule has 3 aromatic rings.